The number of rotatable bonds is 6. The van der Waals surface area contributed by atoms with Gasteiger partial charge in [0.1, 0.15) is 5.76 Å². The summed E-state index contributed by atoms with van der Waals surface area (Å²) in [5.74, 6) is 1.02. The van der Waals surface area contributed by atoms with Crippen molar-refractivity contribution in [2.45, 2.75) is 32.4 Å². The highest BCUT2D eigenvalue weighted by Gasteiger charge is 2.22. The summed E-state index contributed by atoms with van der Waals surface area (Å²) < 4.78 is 5.40. The third kappa shape index (κ3) is 4.06. The number of hydrogen-bond acceptors (Lipinski definition) is 4. The molecule has 0 spiro atoms. The average Bonchev–Trinajstić information content (AvgIpc) is 2.94. The zero-order valence-corrected chi connectivity index (χ0v) is 12.4. The molecule has 1 N–H and O–H groups in total. The molecule has 1 fully saturated rings. The summed E-state index contributed by atoms with van der Waals surface area (Å²) in [4.78, 5) is 5.05. The lowest BCUT2D eigenvalue weighted by Gasteiger charge is -2.39. The van der Waals surface area contributed by atoms with E-state index < -0.39 is 0 Å². The van der Waals surface area contributed by atoms with Gasteiger partial charge in [-0.3, -0.25) is 4.90 Å². The minimum Gasteiger partial charge on any atom is -0.468 e. The number of likely N-dealkylation sites (N-methyl/N-ethyl adjacent to an activating group) is 1. The molecule has 0 aromatic carbocycles. The Labute approximate surface area is 116 Å². The van der Waals surface area contributed by atoms with Crippen molar-refractivity contribution in [3.8, 4) is 0 Å². The van der Waals surface area contributed by atoms with E-state index in [1.165, 1.54) is 26.1 Å². The Bertz CT molecular complexity index is 352. The highest BCUT2D eigenvalue weighted by atomic mass is 16.3. The quantitative estimate of drug-likeness (QED) is 0.852. The number of furan rings is 1. The normalized spacial score (nSPS) is 23.6. The first kappa shape index (κ1) is 14.6. The van der Waals surface area contributed by atoms with Gasteiger partial charge in [-0.2, -0.15) is 0 Å². The van der Waals surface area contributed by atoms with Crippen LogP contribution < -0.4 is 5.32 Å². The SMILES string of the molecule is CCC1CN(CCNC(C)c2ccco2)CCN1C. The molecular formula is C15H27N3O. The molecule has 108 valence electrons. The van der Waals surface area contributed by atoms with Gasteiger partial charge in [-0.1, -0.05) is 6.92 Å². The van der Waals surface area contributed by atoms with Crippen molar-refractivity contribution in [3.05, 3.63) is 24.2 Å². The zero-order chi connectivity index (χ0) is 13.7. The van der Waals surface area contributed by atoms with Crippen LogP contribution in [0.5, 0.6) is 0 Å². The van der Waals surface area contributed by atoms with Crippen molar-refractivity contribution < 1.29 is 4.42 Å². The molecule has 1 aliphatic rings. The third-order valence-corrected chi connectivity index (χ3v) is 4.18. The van der Waals surface area contributed by atoms with Crippen LogP contribution in [0.15, 0.2) is 22.8 Å². The summed E-state index contributed by atoms with van der Waals surface area (Å²) in [5, 5.41) is 3.53. The molecule has 2 unspecified atom stereocenters. The summed E-state index contributed by atoms with van der Waals surface area (Å²) in [7, 11) is 2.24. The molecule has 0 saturated carbocycles. The second-order valence-corrected chi connectivity index (χ2v) is 5.53. The molecule has 1 aromatic rings. The van der Waals surface area contributed by atoms with Gasteiger partial charge in [-0.25, -0.2) is 0 Å². The molecule has 0 radical (unpaired) electrons. The van der Waals surface area contributed by atoms with E-state index in [2.05, 4.69) is 36.0 Å². The third-order valence-electron chi connectivity index (χ3n) is 4.18. The van der Waals surface area contributed by atoms with Gasteiger partial charge >= 0.3 is 0 Å². The summed E-state index contributed by atoms with van der Waals surface area (Å²) in [6.45, 7) is 10.1. The Morgan fingerprint density at radius 1 is 1.47 bits per heavy atom. The van der Waals surface area contributed by atoms with Gasteiger partial charge in [0.15, 0.2) is 0 Å². The Hall–Kier alpha value is -0.840. The molecule has 19 heavy (non-hydrogen) atoms. The molecule has 0 bridgehead atoms. The van der Waals surface area contributed by atoms with Gasteiger partial charge in [0.2, 0.25) is 0 Å². The molecule has 1 aliphatic heterocycles. The Balaban J connectivity index is 1.68. The molecule has 4 nitrogen and oxygen atoms in total. The second kappa shape index (κ2) is 7.08. The number of nitrogens with one attached hydrogen (secondary N) is 1. The van der Waals surface area contributed by atoms with E-state index in [4.69, 9.17) is 4.42 Å². The van der Waals surface area contributed by atoms with E-state index in [-0.39, 0.29) is 0 Å². The summed E-state index contributed by atoms with van der Waals surface area (Å²) >= 11 is 0. The van der Waals surface area contributed by atoms with Crippen LogP contribution in [0.3, 0.4) is 0 Å². The lowest BCUT2D eigenvalue weighted by Crippen LogP contribution is -2.52. The van der Waals surface area contributed by atoms with Gasteiger partial charge in [0.25, 0.3) is 0 Å². The fourth-order valence-corrected chi connectivity index (χ4v) is 2.73. The first-order valence-electron chi connectivity index (χ1n) is 7.40. The maximum absolute atomic E-state index is 5.40. The van der Waals surface area contributed by atoms with E-state index in [9.17, 15) is 0 Å². The van der Waals surface area contributed by atoms with E-state index >= 15 is 0 Å². The monoisotopic (exact) mass is 265 g/mol. The van der Waals surface area contributed by atoms with Crippen molar-refractivity contribution in [1.29, 1.82) is 0 Å². The molecule has 2 rings (SSSR count). The van der Waals surface area contributed by atoms with Crippen LogP contribution in [0.2, 0.25) is 0 Å². The number of piperazine rings is 1. The van der Waals surface area contributed by atoms with Crippen LogP contribution in [0.4, 0.5) is 0 Å². The first-order chi connectivity index (χ1) is 9.20. The van der Waals surface area contributed by atoms with Crippen LogP contribution in [0, 0.1) is 0 Å². The molecular weight excluding hydrogens is 238 g/mol. The largest absolute Gasteiger partial charge is 0.468 e. The van der Waals surface area contributed by atoms with E-state index in [0.29, 0.717) is 6.04 Å². The number of nitrogens with zero attached hydrogens (tertiary/aromatic N) is 2. The average molecular weight is 265 g/mol. The molecule has 0 amide bonds. The Kier molecular flexibility index (Phi) is 5.43. The molecule has 1 aromatic heterocycles. The van der Waals surface area contributed by atoms with Crippen LogP contribution in [-0.2, 0) is 0 Å². The van der Waals surface area contributed by atoms with Gasteiger partial charge in [0, 0.05) is 38.8 Å². The van der Waals surface area contributed by atoms with Gasteiger partial charge in [0.05, 0.1) is 12.3 Å². The van der Waals surface area contributed by atoms with Gasteiger partial charge in [-0.15, -0.1) is 0 Å². The van der Waals surface area contributed by atoms with Crippen molar-refractivity contribution in [2.24, 2.45) is 0 Å². The fourth-order valence-electron chi connectivity index (χ4n) is 2.73. The van der Waals surface area contributed by atoms with E-state index in [1.807, 2.05) is 12.1 Å². The minimum atomic E-state index is 0.296. The van der Waals surface area contributed by atoms with Crippen molar-refractivity contribution in [1.82, 2.24) is 15.1 Å². The molecule has 1 saturated heterocycles. The van der Waals surface area contributed by atoms with Crippen molar-refractivity contribution in [2.75, 3.05) is 39.8 Å². The first-order valence-corrected chi connectivity index (χ1v) is 7.40. The highest BCUT2D eigenvalue weighted by molar-refractivity contribution is 5.02. The van der Waals surface area contributed by atoms with Crippen LogP contribution >= 0.6 is 0 Å². The maximum atomic E-state index is 5.40. The van der Waals surface area contributed by atoms with E-state index in [1.54, 1.807) is 6.26 Å². The predicted molar refractivity (Wildman–Crippen MR) is 78.3 cm³/mol. The molecule has 2 atom stereocenters. The lowest BCUT2D eigenvalue weighted by molar-refractivity contribution is 0.0933. The van der Waals surface area contributed by atoms with Crippen LogP contribution in [0.25, 0.3) is 0 Å². The van der Waals surface area contributed by atoms with Gasteiger partial charge < -0.3 is 14.6 Å². The Morgan fingerprint density at radius 3 is 3.00 bits per heavy atom. The van der Waals surface area contributed by atoms with Gasteiger partial charge in [-0.05, 0) is 32.5 Å². The fraction of sp³-hybridized carbons (Fsp3) is 0.733. The van der Waals surface area contributed by atoms with Crippen LogP contribution in [0.1, 0.15) is 32.1 Å². The van der Waals surface area contributed by atoms with E-state index in [0.717, 1.165) is 24.9 Å². The maximum Gasteiger partial charge on any atom is 0.120 e. The molecule has 4 heteroatoms. The molecule has 0 aliphatic carbocycles. The van der Waals surface area contributed by atoms with Crippen molar-refractivity contribution in [3.63, 3.8) is 0 Å². The zero-order valence-electron chi connectivity index (χ0n) is 12.4. The standard InChI is InChI=1S/C15H27N3O/c1-4-14-12-18(10-9-17(14)3)8-7-16-13(2)15-6-5-11-19-15/h5-6,11,13-14,16H,4,7-10,12H2,1-3H3. The lowest BCUT2D eigenvalue weighted by atomic mass is 10.1. The summed E-state index contributed by atoms with van der Waals surface area (Å²) in [6.07, 6.45) is 2.98. The second-order valence-electron chi connectivity index (χ2n) is 5.53. The predicted octanol–water partition coefficient (Wildman–Crippen LogP) is 1.96. The van der Waals surface area contributed by atoms with Crippen LogP contribution in [-0.4, -0.2) is 55.6 Å². The topological polar surface area (TPSA) is 31.6 Å². The van der Waals surface area contributed by atoms with Crippen molar-refractivity contribution >= 4 is 0 Å². The Morgan fingerprint density at radius 2 is 2.32 bits per heavy atom. The molecule has 2 heterocycles. The summed E-state index contributed by atoms with van der Waals surface area (Å²) in [6, 6.07) is 4.99. The highest BCUT2D eigenvalue weighted by Crippen LogP contribution is 2.12. The minimum absolute atomic E-state index is 0.296. The summed E-state index contributed by atoms with van der Waals surface area (Å²) in [5.41, 5.74) is 0. The number of hydrogen-bond donors (Lipinski definition) is 1. The smallest absolute Gasteiger partial charge is 0.120 e.